The van der Waals surface area contributed by atoms with Crippen LogP contribution in [0.4, 0.5) is 17.6 Å². The summed E-state index contributed by atoms with van der Waals surface area (Å²) >= 11 is 0.880. The maximum Gasteiger partial charge on any atom is 0.416 e. The number of hydrogen-bond donors (Lipinski definition) is 1. The summed E-state index contributed by atoms with van der Waals surface area (Å²) in [5.41, 5.74) is -1.06. The quantitative estimate of drug-likeness (QED) is 0.676. The maximum atomic E-state index is 13.4. The van der Waals surface area contributed by atoms with E-state index >= 15 is 0 Å². The summed E-state index contributed by atoms with van der Waals surface area (Å²) in [7, 11) is 0. The van der Waals surface area contributed by atoms with E-state index in [1.165, 1.54) is 6.92 Å². The van der Waals surface area contributed by atoms with Crippen LogP contribution in [0.1, 0.15) is 12.5 Å². The van der Waals surface area contributed by atoms with Crippen molar-refractivity contribution in [1.82, 2.24) is 0 Å². The predicted octanol–water partition coefficient (Wildman–Crippen LogP) is 3.66. The molecule has 1 aromatic rings. The van der Waals surface area contributed by atoms with E-state index in [0.29, 0.717) is 6.07 Å². The van der Waals surface area contributed by atoms with E-state index in [9.17, 15) is 22.4 Å². The Morgan fingerprint density at radius 2 is 2.06 bits per heavy atom. The van der Waals surface area contributed by atoms with Crippen molar-refractivity contribution in [1.29, 1.82) is 0 Å². The zero-order chi connectivity index (χ0) is 13.9. The van der Waals surface area contributed by atoms with Crippen LogP contribution in [0.2, 0.25) is 0 Å². The second-order valence-corrected chi connectivity index (χ2v) is 4.76. The molecule has 1 unspecified atom stereocenters. The van der Waals surface area contributed by atoms with E-state index in [1.807, 2.05) is 0 Å². The largest absolute Gasteiger partial charge is 0.481 e. The molecule has 0 fully saturated rings. The van der Waals surface area contributed by atoms with Gasteiger partial charge in [-0.2, -0.15) is 13.2 Å². The molecule has 7 heteroatoms. The first kappa shape index (κ1) is 14.8. The van der Waals surface area contributed by atoms with Crippen molar-refractivity contribution in [3.8, 4) is 0 Å². The maximum absolute atomic E-state index is 13.4. The van der Waals surface area contributed by atoms with Gasteiger partial charge in [0.2, 0.25) is 0 Å². The number of carboxylic acid groups (broad SMARTS) is 1. The summed E-state index contributed by atoms with van der Waals surface area (Å²) in [6.45, 7) is 1.44. The molecular weight excluding hydrogens is 272 g/mol. The van der Waals surface area contributed by atoms with E-state index in [1.54, 1.807) is 0 Å². The van der Waals surface area contributed by atoms with Crippen LogP contribution in [0, 0.1) is 11.7 Å². The van der Waals surface area contributed by atoms with Crippen LogP contribution in [0.5, 0.6) is 0 Å². The van der Waals surface area contributed by atoms with Gasteiger partial charge in [0.25, 0.3) is 0 Å². The third-order valence-electron chi connectivity index (χ3n) is 2.17. The van der Waals surface area contributed by atoms with Gasteiger partial charge in [-0.25, -0.2) is 4.39 Å². The van der Waals surface area contributed by atoms with E-state index < -0.39 is 29.4 Å². The topological polar surface area (TPSA) is 37.3 Å². The Morgan fingerprint density at radius 3 is 2.50 bits per heavy atom. The predicted molar refractivity (Wildman–Crippen MR) is 58.9 cm³/mol. The molecule has 0 heterocycles. The number of hydrogen-bond acceptors (Lipinski definition) is 2. The molecule has 0 bridgehead atoms. The molecule has 0 aromatic heterocycles. The fraction of sp³-hybridized carbons (Fsp3) is 0.364. The van der Waals surface area contributed by atoms with Gasteiger partial charge in [-0.3, -0.25) is 4.79 Å². The van der Waals surface area contributed by atoms with Crippen molar-refractivity contribution < 1.29 is 27.5 Å². The van der Waals surface area contributed by atoms with Gasteiger partial charge in [-0.1, -0.05) is 6.92 Å². The monoisotopic (exact) mass is 282 g/mol. The number of benzene rings is 1. The van der Waals surface area contributed by atoms with Crippen LogP contribution in [-0.2, 0) is 11.0 Å². The standard InChI is InChI=1S/C11H10F4O2S/c1-6(10(16)17)5-18-9-3-2-7(4-8(9)12)11(13,14)15/h2-4,6H,5H2,1H3,(H,16,17). The van der Waals surface area contributed by atoms with Crippen molar-refractivity contribution in [2.45, 2.75) is 18.0 Å². The molecule has 0 saturated carbocycles. The molecule has 0 radical (unpaired) electrons. The fourth-order valence-electron chi connectivity index (χ4n) is 1.08. The second kappa shape index (κ2) is 5.60. The van der Waals surface area contributed by atoms with E-state index in [0.717, 1.165) is 23.9 Å². The lowest BCUT2D eigenvalue weighted by Crippen LogP contribution is -2.12. The molecule has 18 heavy (non-hydrogen) atoms. The van der Waals surface area contributed by atoms with Crippen LogP contribution in [0.15, 0.2) is 23.1 Å². The number of carbonyl (C=O) groups is 1. The zero-order valence-electron chi connectivity index (χ0n) is 9.29. The molecule has 1 rings (SSSR count). The molecule has 2 nitrogen and oxygen atoms in total. The normalized spacial score (nSPS) is 13.4. The number of thioether (sulfide) groups is 1. The molecule has 1 aromatic carbocycles. The van der Waals surface area contributed by atoms with Gasteiger partial charge < -0.3 is 5.11 Å². The van der Waals surface area contributed by atoms with E-state index in [-0.39, 0.29) is 10.6 Å². The Morgan fingerprint density at radius 1 is 1.44 bits per heavy atom. The van der Waals surface area contributed by atoms with Crippen molar-refractivity contribution in [3.05, 3.63) is 29.6 Å². The molecule has 0 saturated heterocycles. The molecule has 0 aliphatic carbocycles. The Labute approximate surface area is 105 Å². The van der Waals surface area contributed by atoms with Crippen LogP contribution in [0.25, 0.3) is 0 Å². The van der Waals surface area contributed by atoms with Crippen LogP contribution in [0.3, 0.4) is 0 Å². The van der Waals surface area contributed by atoms with Crippen LogP contribution < -0.4 is 0 Å². The highest BCUT2D eigenvalue weighted by atomic mass is 32.2. The third-order valence-corrected chi connectivity index (χ3v) is 3.48. The van der Waals surface area contributed by atoms with Gasteiger partial charge >= 0.3 is 12.1 Å². The molecule has 0 spiro atoms. The summed E-state index contributed by atoms with van der Waals surface area (Å²) in [6.07, 6.45) is -4.58. The molecule has 1 N–H and O–H groups in total. The number of rotatable bonds is 4. The summed E-state index contributed by atoms with van der Waals surface area (Å²) < 4.78 is 50.2. The Balaban J connectivity index is 2.78. The lowest BCUT2D eigenvalue weighted by molar-refractivity contribution is -0.140. The van der Waals surface area contributed by atoms with Gasteiger partial charge in [0.15, 0.2) is 0 Å². The molecule has 100 valence electrons. The van der Waals surface area contributed by atoms with E-state index in [4.69, 9.17) is 5.11 Å². The zero-order valence-corrected chi connectivity index (χ0v) is 10.1. The molecule has 0 amide bonds. The Hall–Kier alpha value is -1.24. The summed E-state index contributed by atoms with van der Waals surface area (Å²) in [5.74, 6) is -2.63. The highest BCUT2D eigenvalue weighted by molar-refractivity contribution is 7.99. The average Bonchev–Trinajstić information content (AvgIpc) is 2.25. The van der Waals surface area contributed by atoms with E-state index in [2.05, 4.69) is 0 Å². The first-order chi connectivity index (χ1) is 8.21. The van der Waals surface area contributed by atoms with Gasteiger partial charge in [0.1, 0.15) is 5.82 Å². The fourth-order valence-corrected chi connectivity index (χ4v) is 2.01. The van der Waals surface area contributed by atoms with Gasteiger partial charge in [0, 0.05) is 10.6 Å². The minimum Gasteiger partial charge on any atom is -0.481 e. The van der Waals surface area contributed by atoms with Gasteiger partial charge in [0.05, 0.1) is 11.5 Å². The summed E-state index contributed by atoms with van der Waals surface area (Å²) in [6, 6.07) is 2.20. The summed E-state index contributed by atoms with van der Waals surface area (Å²) in [4.78, 5) is 10.5. The number of carboxylic acids is 1. The summed E-state index contributed by atoms with van der Waals surface area (Å²) in [5, 5.41) is 8.62. The van der Waals surface area contributed by atoms with Crippen molar-refractivity contribution >= 4 is 17.7 Å². The van der Waals surface area contributed by atoms with Gasteiger partial charge in [-0.15, -0.1) is 11.8 Å². The van der Waals surface area contributed by atoms with Gasteiger partial charge in [-0.05, 0) is 18.2 Å². The van der Waals surface area contributed by atoms with Crippen LogP contribution in [-0.4, -0.2) is 16.8 Å². The average molecular weight is 282 g/mol. The molecule has 0 aliphatic rings. The van der Waals surface area contributed by atoms with Crippen molar-refractivity contribution in [2.75, 3.05) is 5.75 Å². The first-order valence-corrected chi connectivity index (χ1v) is 5.92. The lowest BCUT2D eigenvalue weighted by atomic mass is 10.2. The first-order valence-electron chi connectivity index (χ1n) is 4.94. The second-order valence-electron chi connectivity index (χ2n) is 3.69. The Bertz CT molecular complexity index is 445. The molecular formula is C11H10F4O2S. The number of halogens is 4. The van der Waals surface area contributed by atoms with Crippen LogP contribution >= 0.6 is 11.8 Å². The highest BCUT2D eigenvalue weighted by Crippen LogP contribution is 2.32. The highest BCUT2D eigenvalue weighted by Gasteiger charge is 2.31. The number of alkyl halides is 3. The minimum absolute atomic E-state index is 0.0103. The molecule has 0 aliphatic heterocycles. The van der Waals surface area contributed by atoms with Crippen molar-refractivity contribution in [3.63, 3.8) is 0 Å². The third kappa shape index (κ3) is 3.90. The smallest absolute Gasteiger partial charge is 0.416 e. The number of aliphatic carboxylic acids is 1. The minimum atomic E-state index is -4.58. The SMILES string of the molecule is CC(CSc1ccc(C(F)(F)F)cc1F)C(=O)O. The lowest BCUT2D eigenvalue weighted by Gasteiger charge is -2.10. The van der Waals surface area contributed by atoms with Crippen molar-refractivity contribution in [2.24, 2.45) is 5.92 Å². The molecule has 1 atom stereocenters. The Kier molecular flexibility index (Phi) is 4.61.